The van der Waals surface area contributed by atoms with Gasteiger partial charge >= 0.3 is 11.9 Å². The maximum absolute atomic E-state index is 12.4. The zero-order chi connectivity index (χ0) is 42.8. The number of halogens is 4. The van der Waals surface area contributed by atoms with Crippen LogP contribution in [0.4, 0.5) is 0 Å². The summed E-state index contributed by atoms with van der Waals surface area (Å²) in [5.41, 5.74) is 0.726. The summed E-state index contributed by atoms with van der Waals surface area (Å²) in [6.45, 7) is 9.01. The van der Waals surface area contributed by atoms with E-state index in [1.165, 1.54) is 5.57 Å². The van der Waals surface area contributed by atoms with Gasteiger partial charge in [0, 0.05) is 85.6 Å². The molecule has 0 amide bonds. The number of carbonyl (C=O) groups excluding carboxylic acids is 4. The number of allylic oxidation sites excluding steroid dienone is 5. The molecule has 9 nitrogen and oxygen atoms in total. The summed E-state index contributed by atoms with van der Waals surface area (Å²) in [6, 6.07) is 2.05. The highest BCUT2D eigenvalue weighted by molar-refractivity contribution is 15.0. The van der Waals surface area contributed by atoms with Crippen molar-refractivity contribution in [2.75, 3.05) is 0 Å². The summed E-state index contributed by atoms with van der Waals surface area (Å²) in [6.07, 6.45) is 20.1. The summed E-state index contributed by atoms with van der Waals surface area (Å²) in [5.74, 6) is 2.74. The van der Waals surface area contributed by atoms with Crippen LogP contribution in [0.5, 0.6) is 0 Å². The maximum atomic E-state index is 12.4. The summed E-state index contributed by atoms with van der Waals surface area (Å²) in [7, 11) is 0. The average molecular weight is 1240 g/mol. The van der Waals surface area contributed by atoms with Gasteiger partial charge in [0.05, 0.1) is 16.7 Å². The van der Waals surface area contributed by atoms with E-state index < -0.39 is 17.8 Å². The topological polar surface area (TPSA) is 140 Å². The highest BCUT2D eigenvalue weighted by atomic mass is 128. The van der Waals surface area contributed by atoms with Crippen LogP contribution in [-0.2, 0) is 28.7 Å². The van der Waals surface area contributed by atoms with Crippen LogP contribution in [0, 0.1) is 57.2 Å². The number of aliphatic hydroxyl groups is 2. The van der Waals surface area contributed by atoms with Crippen molar-refractivity contribution in [1.82, 2.24) is 0 Å². The van der Waals surface area contributed by atoms with E-state index >= 15 is 0 Å². The lowest BCUT2D eigenvalue weighted by Crippen LogP contribution is -2.61. The summed E-state index contributed by atoms with van der Waals surface area (Å²) >= 11 is 7.78. The molecule has 5 saturated carbocycles. The van der Waals surface area contributed by atoms with Crippen molar-refractivity contribution < 1.29 is 43.3 Å². The lowest BCUT2D eigenvalue weighted by Gasteiger charge is -2.62. The fourth-order valence-electron chi connectivity index (χ4n) is 16.2. The molecule has 61 heavy (non-hydrogen) atoms. The van der Waals surface area contributed by atoms with Gasteiger partial charge < -0.3 is 24.1 Å². The average Bonchev–Trinajstić information content (AvgIpc) is 4.02. The predicted molar refractivity (Wildman–Crippen MR) is 260 cm³/mol. The summed E-state index contributed by atoms with van der Waals surface area (Å²) < 4.78 is 18.9. The quantitative estimate of drug-likeness (QED) is 0.208. The SMILES string of the molecule is C[C@]12CCC(=O)C=C1C=C[C@@H]1[C@@H]2[C@H](O)C[C@@]2(C)[C@H]1CC[C@@]21CCC(=O)O1.C[C@]12CCC(=O)C=C1C[C@@H](c1cc(Br)co1)[C@@H]1[C@@H]2[C@H](O)C[C@@]2(C)[C@H]1CC[C@@]21CCC(=O)O1.I.II. The van der Waals surface area contributed by atoms with Gasteiger partial charge in [-0.05, 0) is 151 Å². The zero-order valence-electron chi connectivity index (χ0n) is 35.6. The number of aliphatic hydroxyl groups excluding tert-OH is 2. The first-order valence-electron chi connectivity index (χ1n) is 22.3. The minimum Gasteiger partial charge on any atom is -0.468 e. The van der Waals surface area contributed by atoms with Crippen molar-refractivity contribution in [2.24, 2.45) is 57.2 Å². The molecule has 334 valence electrons. The molecule has 2 N–H and O–H groups in total. The van der Waals surface area contributed by atoms with E-state index in [1.54, 1.807) is 12.3 Å². The molecule has 0 unspecified atom stereocenters. The molecule has 1 aromatic heterocycles. The van der Waals surface area contributed by atoms with E-state index in [4.69, 9.17) is 13.9 Å². The fourth-order valence-corrected chi connectivity index (χ4v) is 16.5. The van der Waals surface area contributed by atoms with E-state index in [-0.39, 0.29) is 104 Å². The van der Waals surface area contributed by atoms with Gasteiger partial charge in [-0.15, -0.1) is 24.0 Å². The van der Waals surface area contributed by atoms with Crippen molar-refractivity contribution in [3.05, 3.63) is 58.0 Å². The first-order chi connectivity index (χ1) is 28.5. The van der Waals surface area contributed by atoms with Crippen LogP contribution in [0.1, 0.15) is 136 Å². The number of hydrogen-bond acceptors (Lipinski definition) is 9. The molecule has 0 bridgehead atoms. The minimum absolute atomic E-state index is 0. The van der Waals surface area contributed by atoms with Crippen molar-refractivity contribution in [3.63, 3.8) is 0 Å². The molecule has 0 aromatic carbocycles. The second-order valence-corrected chi connectivity index (χ2v) is 22.1. The van der Waals surface area contributed by atoms with E-state index in [0.29, 0.717) is 50.4 Å². The predicted octanol–water partition coefficient (Wildman–Crippen LogP) is 11.0. The van der Waals surface area contributed by atoms with Gasteiger partial charge in [0.15, 0.2) is 11.6 Å². The number of furan rings is 1. The number of ether oxygens (including phenoxy) is 2. The molecule has 13 heteroatoms. The number of hydrogen-bond donors (Lipinski definition) is 2. The smallest absolute Gasteiger partial charge is 0.306 e. The Morgan fingerprint density at radius 3 is 1.85 bits per heavy atom. The largest absolute Gasteiger partial charge is 0.468 e. The normalized spacial score (nSPS) is 47.4. The van der Waals surface area contributed by atoms with Gasteiger partial charge in [0.2, 0.25) is 0 Å². The number of fused-ring (bicyclic) bond motifs is 12. The number of carbonyl (C=O) groups is 4. The molecule has 2 spiro atoms. The van der Waals surface area contributed by atoms with E-state index in [2.05, 4.69) is 93.0 Å². The molecule has 0 radical (unpaired) electrons. The Bertz CT molecular complexity index is 2080. The maximum Gasteiger partial charge on any atom is 0.306 e. The lowest BCUT2D eigenvalue weighted by molar-refractivity contribution is -0.188. The third-order valence-electron chi connectivity index (χ3n) is 19.0. The van der Waals surface area contributed by atoms with Gasteiger partial charge in [-0.2, -0.15) is 0 Å². The molecule has 10 aliphatic rings. The summed E-state index contributed by atoms with van der Waals surface area (Å²) in [5, 5.41) is 23.1. The number of esters is 2. The van der Waals surface area contributed by atoms with Crippen LogP contribution < -0.4 is 0 Å². The zero-order valence-corrected chi connectivity index (χ0v) is 43.8. The van der Waals surface area contributed by atoms with Crippen molar-refractivity contribution in [1.29, 1.82) is 0 Å². The summed E-state index contributed by atoms with van der Waals surface area (Å²) in [4.78, 5) is 48.4. The molecule has 15 atom stereocenters. The molecule has 2 aliphatic heterocycles. The third-order valence-corrected chi connectivity index (χ3v) is 19.4. The highest BCUT2D eigenvalue weighted by Crippen LogP contribution is 2.72. The van der Waals surface area contributed by atoms with Crippen LogP contribution in [0.2, 0.25) is 0 Å². The number of ketones is 2. The Kier molecular flexibility index (Phi) is 12.8. The van der Waals surface area contributed by atoms with Gasteiger partial charge in [-0.1, -0.05) is 45.4 Å². The Labute approximate surface area is 408 Å². The molecule has 3 heterocycles. The Morgan fingerprint density at radius 1 is 0.721 bits per heavy atom. The first-order valence-corrected chi connectivity index (χ1v) is 29.4. The van der Waals surface area contributed by atoms with Crippen LogP contribution in [0.15, 0.2) is 56.7 Å². The van der Waals surface area contributed by atoms with E-state index in [1.807, 2.05) is 12.1 Å². The van der Waals surface area contributed by atoms with Crippen LogP contribution in [-0.4, -0.2) is 57.1 Å². The van der Waals surface area contributed by atoms with E-state index in [9.17, 15) is 29.4 Å². The Balaban J connectivity index is 0.000000162. The second-order valence-electron chi connectivity index (χ2n) is 21.2. The Hall–Kier alpha value is -0.630. The standard InChI is InChI=1S/C26H31BrO5.C22H28O4.I2.HI/c1-24-6-3-16(28)9-14(24)10-17(20-11-15(27)13-31-20)22-18-4-7-26(8-5-21(30)32-26)25(18,2)12-19(29)23(22)24;1-20-8-5-14(23)11-13(20)3-4-15-16-6-9-22(10-7-18(25)26-22)21(16,2)12-17(24)19(15)20;1-2;/h9,11,13,17-19,22-23,29H,3-8,10,12H2,1-2H3;3-4,11,15-17,19,24H,5-10,12H2,1-2H3;;1H/t17-,18-,19+,22-,23-,24-,25-,26+;15-,16-,17+,19+,20-,21-,22+;;/m00../s1. The Morgan fingerprint density at radius 2 is 1.28 bits per heavy atom. The third kappa shape index (κ3) is 6.98. The van der Waals surface area contributed by atoms with Gasteiger partial charge in [-0.3, -0.25) is 19.2 Å². The van der Waals surface area contributed by atoms with Gasteiger partial charge in [0.1, 0.15) is 23.2 Å². The highest BCUT2D eigenvalue weighted by Gasteiger charge is 2.71. The molecular formula is C48H60BrI3O9. The van der Waals surface area contributed by atoms with Gasteiger partial charge in [0.25, 0.3) is 0 Å². The van der Waals surface area contributed by atoms with Gasteiger partial charge in [-0.25, -0.2) is 0 Å². The molecule has 1 aromatic rings. The van der Waals surface area contributed by atoms with Crippen molar-refractivity contribution >= 4 is 101 Å². The first kappa shape index (κ1) is 46.9. The van der Waals surface area contributed by atoms with Crippen LogP contribution in [0.25, 0.3) is 0 Å². The van der Waals surface area contributed by atoms with Crippen LogP contribution >= 0.6 is 77.1 Å². The second kappa shape index (κ2) is 16.6. The minimum atomic E-state index is -0.502. The van der Waals surface area contributed by atoms with Crippen molar-refractivity contribution in [2.45, 2.75) is 153 Å². The molecular weight excluding hydrogens is 1180 g/mol. The van der Waals surface area contributed by atoms with E-state index in [0.717, 1.165) is 73.6 Å². The molecule has 2 saturated heterocycles. The molecule has 11 rings (SSSR count). The number of rotatable bonds is 1. The monoisotopic (exact) mass is 1240 g/mol. The lowest BCUT2D eigenvalue weighted by atomic mass is 9.43. The van der Waals surface area contributed by atoms with Crippen LogP contribution in [0.3, 0.4) is 0 Å². The van der Waals surface area contributed by atoms with Crippen molar-refractivity contribution in [3.8, 4) is 0 Å². The molecule has 8 aliphatic carbocycles. The molecule has 7 fully saturated rings. The fraction of sp³-hybridized carbons (Fsp3) is 0.708.